The predicted octanol–water partition coefficient (Wildman–Crippen LogP) is 3.41. The quantitative estimate of drug-likeness (QED) is 0.793. The van der Waals surface area contributed by atoms with E-state index in [0.717, 1.165) is 12.2 Å². The van der Waals surface area contributed by atoms with Gasteiger partial charge in [0.25, 0.3) is 0 Å². The van der Waals surface area contributed by atoms with Gasteiger partial charge in [-0.3, -0.25) is 0 Å². The zero-order valence-electron chi connectivity index (χ0n) is 8.83. The van der Waals surface area contributed by atoms with Gasteiger partial charge in [0.15, 0.2) is 0 Å². The minimum Gasteiger partial charge on any atom is -0.381 e. The Labute approximate surface area is 90.8 Å². The molecule has 0 spiro atoms. The van der Waals surface area contributed by atoms with Crippen LogP contribution in [-0.2, 0) is 6.54 Å². The Balaban J connectivity index is 1.96. The second-order valence-electron chi connectivity index (χ2n) is 3.63. The van der Waals surface area contributed by atoms with Crippen LogP contribution in [0.25, 0.3) is 0 Å². The van der Waals surface area contributed by atoms with Gasteiger partial charge >= 0.3 is 0 Å². The summed E-state index contributed by atoms with van der Waals surface area (Å²) in [6.07, 6.45) is 0. The first-order valence-corrected chi connectivity index (χ1v) is 5.10. The summed E-state index contributed by atoms with van der Waals surface area (Å²) >= 11 is 0. The molecule has 1 radical (unpaired) electrons. The van der Waals surface area contributed by atoms with Crippen LogP contribution in [0.3, 0.4) is 0 Å². The first-order chi connectivity index (χ1) is 7.34. The van der Waals surface area contributed by atoms with E-state index in [1.807, 2.05) is 12.1 Å². The lowest BCUT2D eigenvalue weighted by molar-refractivity contribution is 1.15. The topological polar surface area (TPSA) is 12.0 Å². The van der Waals surface area contributed by atoms with Crippen LogP contribution in [0.5, 0.6) is 0 Å². The largest absolute Gasteiger partial charge is 0.381 e. The molecule has 0 fully saturated rings. The lowest BCUT2D eigenvalue weighted by atomic mass is 10.2. The van der Waals surface area contributed by atoms with E-state index in [0.29, 0.717) is 0 Å². The summed E-state index contributed by atoms with van der Waals surface area (Å²) in [4.78, 5) is 0. The van der Waals surface area contributed by atoms with Gasteiger partial charge in [0, 0.05) is 12.2 Å². The van der Waals surface area contributed by atoms with Crippen molar-refractivity contribution in [2.24, 2.45) is 0 Å². The molecular weight excluding hydrogens is 182 g/mol. The Bertz CT molecular complexity index is 403. The number of rotatable bonds is 3. The molecule has 0 unspecified atom stereocenters. The summed E-state index contributed by atoms with van der Waals surface area (Å²) in [5.41, 5.74) is 3.72. The standard InChI is InChI=1S/C14H14N/c1-12-7-9-14(10-8-12)15-11-13-5-3-2-4-6-13/h3-10,15H,11H2,1H3. The van der Waals surface area contributed by atoms with Crippen LogP contribution < -0.4 is 5.32 Å². The van der Waals surface area contributed by atoms with E-state index in [-0.39, 0.29) is 0 Å². The number of nitrogens with one attached hydrogen (secondary N) is 1. The lowest BCUT2D eigenvalue weighted by Gasteiger charge is -2.06. The van der Waals surface area contributed by atoms with Gasteiger partial charge in [-0.05, 0) is 30.7 Å². The summed E-state index contributed by atoms with van der Waals surface area (Å²) in [7, 11) is 0. The molecule has 0 bridgehead atoms. The molecule has 2 rings (SSSR count). The van der Waals surface area contributed by atoms with Crippen molar-refractivity contribution in [2.45, 2.75) is 13.5 Å². The highest BCUT2D eigenvalue weighted by Gasteiger charge is 1.92. The number of hydrogen-bond donors (Lipinski definition) is 1. The van der Waals surface area contributed by atoms with Crippen molar-refractivity contribution >= 4 is 5.69 Å². The van der Waals surface area contributed by atoms with Crippen molar-refractivity contribution in [3.63, 3.8) is 0 Å². The van der Waals surface area contributed by atoms with E-state index in [4.69, 9.17) is 0 Å². The third-order valence-electron chi connectivity index (χ3n) is 2.34. The van der Waals surface area contributed by atoms with E-state index in [9.17, 15) is 0 Å². The van der Waals surface area contributed by atoms with Crippen molar-refractivity contribution in [1.29, 1.82) is 0 Å². The maximum absolute atomic E-state index is 3.37. The Morgan fingerprint density at radius 1 is 1.00 bits per heavy atom. The summed E-state index contributed by atoms with van der Waals surface area (Å²) < 4.78 is 0. The maximum Gasteiger partial charge on any atom is 0.0400 e. The molecule has 0 saturated heterocycles. The summed E-state index contributed by atoms with van der Waals surface area (Å²) in [5, 5.41) is 3.37. The highest BCUT2D eigenvalue weighted by Crippen LogP contribution is 2.10. The molecule has 0 atom stereocenters. The van der Waals surface area contributed by atoms with Crippen LogP contribution >= 0.6 is 0 Å². The van der Waals surface area contributed by atoms with Gasteiger partial charge in [0.2, 0.25) is 0 Å². The fourth-order valence-corrected chi connectivity index (χ4v) is 1.41. The molecule has 0 aromatic heterocycles. The van der Waals surface area contributed by atoms with Crippen LogP contribution in [0.1, 0.15) is 11.1 Å². The molecule has 0 aliphatic rings. The van der Waals surface area contributed by atoms with Gasteiger partial charge in [-0.2, -0.15) is 0 Å². The monoisotopic (exact) mass is 196 g/mol. The molecule has 2 aromatic carbocycles. The Morgan fingerprint density at radius 2 is 1.67 bits per heavy atom. The SMILES string of the molecule is Cc1ccc(NCc2cc[c]cc2)cc1. The van der Waals surface area contributed by atoms with E-state index in [2.05, 4.69) is 54.7 Å². The van der Waals surface area contributed by atoms with Crippen molar-refractivity contribution in [1.82, 2.24) is 0 Å². The highest BCUT2D eigenvalue weighted by molar-refractivity contribution is 5.44. The second-order valence-corrected chi connectivity index (χ2v) is 3.63. The molecule has 1 heteroatoms. The Kier molecular flexibility index (Phi) is 3.03. The second kappa shape index (κ2) is 4.65. The predicted molar refractivity (Wildman–Crippen MR) is 63.8 cm³/mol. The number of anilines is 1. The molecule has 0 saturated carbocycles. The summed E-state index contributed by atoms with van der Waals surface area (Å²) in [6, 6.07) is 19.5. The maximum atomic E-state index is 3.37. The Hall–Kier alpha value is -1.76. The minimum atomic E-state index is 0.859. The van der Waals surface area contributed by atoms with Crippen LogP contribution in [0.15, 0.2) is 48.5 Å². The van der Waals surface area contributed by atoms with Gasteiger partial charge < -0.3 is 5.32 Å². The van der Waals surface area contributed by atoms with Gasteiger partial charge in [-0.1, -0.05) is 42.0 Å². The van der Waals surface area contributed by atoms with E-state index in [1.165, 1.54) is 11.1 Å². The molecule has 15 heavy (non-hydrogen) atoms. The Morgan fingerprint density at radius 3 is 2.33 bits per heavy atom. The zero-order valence-corrected chi connectivity index (χ0v) is 8.83. The van der Waals surface area contributed by atoms with E-state index in [1.54, 1.807) is 0 Å². The molecule has 0 aliphatic carbocycles. The number of benzene rings is 2. The van der Waals surface area contributed by atoms with Crippen molar-refractivity contribution in [3.05, 3.63) is 65.7 Å². The molecule has 0 amide bonds. The molecule has 0 heterocycles. The molecule has 0 aliphatic heterocycles. The van der Waals surface area contributed by atoms with E-state index < -0.39 is 0 Å². The highest BCUT2D eigenvalue weighted by atomic mass is 14.9. The van der Waals surface area contributed by atoms with E-state index >= 15 is 0 Å². The molecule has 1 N–H and O–H groups in total. The third kappa shape index (κ3) is 2.84. The third-order valence-corrected chi connectivity index (χ3v) is 2.34. The van der Waals surface area contributed by atoms with Crippen molar-refractivity contribution in [2.75, 3.05) is 5.32 Å². The summed E-state index contributed by atoms with van der Waals surface area (Å²) in [6.45, 7) is 2.95. The van der Waals surface area contributed by atoms with Crippen molar-refractivity contribution < 1.29 is 0 Å². The molecule has 75 valence electrons. The molecular formula is C14H14N. The number of hydrogen-bond acceptors (Lipinski definition) is 1. The number of aryl methyl sites for hydroxylation is 1. The van der Waals surface area contributed by atoms with Crippen LogP contribution in [0, 0.1) is 13.0 Å². The average molecular weight is 196 g/mol. The molecule has 2 aromatic rings. The lowest BCUT2D eigenvalue weighted by Crippen LogP contribution is -1.98. The zero-order chi connectivity index (χ0) is 10.5. The normalized spacial score (nSPS) is 9.93. The van der Waals surface area contributed by atoms with Gasteiger partial charge in [0.1, 0.15) is 0 Å². The van der Waals surface area contributed by atoms with Gasteiger partial charge in [-0.15, -0.1) is 0 Å². The first-order valence-electron chi connectivity index (χ1n) is 5.10. The fourth-order valence-electron chi connectivity index (χ4n) is 1.41. The smallest absolute Gasteiger partial charge is 0.0400 e. The van der Waals surface area contributed by atoms with Crippen LogP contribution in [0.4, 0.5) is 5.69 Å². The average Bonchev–Trinajstić information content (AvgIpc) is 2.30. The first kappa shape index (κ1) is 9.78. The van der Waals surface area contributed by atoms with Crippen LogP contribution in [-0.4, -0.2) is 0 Å². The fraction of sp³-hybridized carbons (Fsp3) is 0.143. The molecule has 1 nitrogen and oxygen atoms in total. The van der Waals surface area contributed by atoms with Crippen LogP contribution in [0.2, 0.25) is 0 Å². The van der Waals surface area contributed by atoms with Crippen molar-refractivity contribution in [3.8, 4) is 0 Å². The minimum absolute atomic E-state index is 0.859. The summed E-state index contributed by atoms with van der Waals surface area (Å²) in [5.74, 6) is 0. The van der Waals surface area contributed by atoms with Gasteiger partial charge in [-0.25, -0.2) is 0 Å². The van der Waals surface area contributed by atoms with Gasteiger partial charge in [0.05, 0.1) is 0 Å².